The molecule has 34 heavy (non-hydrogen) atoms. The van der Waals surface area contributed by atoms with E-state index < -0.39 is 0 Å². The SMILES string of the molecule is COC(=O)CNc1cccc2c(-c3ccnc(NC4CCCC4)n3)c(-c3ccc(F)cc3)nn12. The molecule has 1 saturated carbocycles. The van der Waals surface area contributed by atoms with Crippen LogP contribution in [-0.4, -0.2) is 45.2 Å². The Morgan fingerprint density at radius 2 is 1.94 bits per heavy atom. The molecule has 0 unspecified atom stereocenters. The highest BCUT2D eigenvalue weighted by atomic mass is 19.1. The number of pyridine rings is 1. The summed E-state index contributed by atoms with van der Waals surface area (Å²) in [5, 5.41) is 11.3. The molecule has 3 heterocycles. The zero-order chi connectivity index (χ0) is 23.5. The molecule has 1 aromatic carbocycles. The molecule has 9 heteroatoms. The first-order valence-corrected chi connectivity index (χ1v) is 11.3. The van der Waals surface area contributed by atoms with Gasteiger partial charge in [0.2, 0.25) is 5.95 Å². The Balaban J connectivity index is 1.62. The van der Waals surface area contributed by atoms with E-state index in [0.717, 1.165) is 29.5 Å². The van der Waals surface area contributed by atoms with Crippen LogP contribution in [0.1, 0.15) is 25.7 Å². The molecule has 0 atom stereocenters. The van der Waals surface area contributed by atoms with Crippen molar-refractivity contribution >= 4 is 23.3 Å². The number of esters is 1. The van der Waals surface area contributed by atoms with Crippen LogP contribution in [0, 0.1) is 5.82 Å². The summed E-state index contributed by atoms with van der Waals surface area (Å²) in [4.78, 5) is 20.9. The molecule has 0 bridgehead atoms. The van der Waals surface area contributed by atoms with Crippen molar-refractivity contribution in [1.82, 2.24) is 19.6 Å². The van der Waals surface area contributed by atoms with Crippen LogP contribution in [0.2, 0.25) is 0 Å². The van der Waals surface area contributed by atoms with Crippen molar-refractivity contribution in [2.45, 2.75) is 31.7 Å². The van der Waals surface area contributed by atoms with Gasteiger partial charge < -0.3 is 15.4 Å². The fraction of sp³-hybridized carbons (Fsp3) is 0.280. The van der Waals surface area contributed by atoms with E-state index in [9.17, 15) is 9.18 Å². The standard InChI is InChI=1S/C25H25FN6O2/c1-34-22(33)15-28-21-8-4-7-20-23(24(31-32(20)21)16-9-11-17(26)12-10-16)19-13-14-27-25(30-19)29-18-5-2-3-6-18/h4,7-14,18,28H,2-3,5-6,15H2,1H3,(H,27,29,30). The van der Waals surface area contributed by atoms with Gasteiger partial charge in [0.25, 0.3) is 0 Å². The number of nitrogens with one attached hydrogen (secondary N) is 2. The lowest BCUT2D eigenvalue weighted by Crippen LogP contribution is -2.16. The number of anilines is 2. The summed E-state index contributed by atoms with van der Waals surface area (Å²) in [6.45, 7) is -0.000345. The van der Waals surface area contributed by atoms with Gasteiger partial charge in [-0.3, -0.25) is 4.79 Å². The Kier molecular flexibility index (Phi) is 6.07. The summed E-state index contributed by atoms with van der Waals surface area (Å²) >= 11 is 0. The number of carbonyl (C=O) groups is 1. The number of ether oxygens (including phenoxy) is 1. The predicted octanol–water partition coefficient (Wildman–Crippen LogP) is 4.54. The normalized spacial score (nSPS) is 13.8. The number of fused-ring (bicyclic) bond motifs is 1. The zero-order valence-corrected chi connectivity index (χ0v) is 18.8. The molecule has 4 aromatic rings. The molecule has 0 spiro atoms. The van der Waals surface area contributed by atoms with Crippen molar-refractivity contribution < 1.29 is 13.9 Å². The van der Waals surface area contributed by atoms with Crippen LogP contribution in [0.5, 0.6) is 0 Å². The molecule has 1 aliphatic rings. The summed E-state index contributed by atoms with van der Waals surface area (Å²) in [6.07, 6.45) is 6.38. The maximum absolute atomic E-state index is 13.6. The van der Waals surface area contributed by atoms with Gasteiger partial charge in [0.1, 0.15) is 23.9 Å². The van der Waals surface area contributed by atoms with Crippen molar-refractivity contribution in [3.8, 4) is 22.5 Å². The number of hydrogen-bond donors (Lipinski definition) is 2. The maximum Gasteiger partial charge on any atom is 0.325 e. The van der Waals surface area contributed by atoms with Crippen LogP contribution in [0.4, 0.5) is 16.2 Å². The average Bonchev–Trinajstić information content (AvgIpc) is 3.51. The average molecular weight is 461 g/mol. The number of methoxy groups -OCH3 is 1. The second-order valence-electron chi connectivity index (χ2n) is 8.26. The number of rotatable bonds is 7. The monoisotopic (exact) mass is 460 g/mol. The third-order valence-electron chi connectivity index (χ3n) is 6.02. The number of nitrogens with zero attached hydrogens (tertiary/aromatic N) is 4. The molecule has 0 saturated heterocycles. The molecule has 1 aliphatic carbocycles. The molecule has 8 nitrogen and oxygen atoms in total. The lowest BCUT2D eigenvalue weighted by atomic mass is 10.0. The van der Waals surface area contributed by atoms with Crippen molar-refractivity contribution in [1.29, 1.82) is 0 Å². The van der Waals surface area contributed by atoms with Crippen LogP contribution in [0.15, 0.2) is 54.7 Å². The maximum atomic E-state index is 13.6. The fourth-order valence-corrected chi connectivity index (χ4v) is 4.32. The Morgan fingerprint density at radius 1 is 1.15 bits per heavy atom. The van der Waals surface area contributed by atoms with Gasteiger partial charge in [-0.1, -0.05) is 18.9 Å². The highest BCUT2D eigenvalue weighted by Crippen LogP contribution is 2.36. The van der Waals surface area contributed by atoms with Gasteiger partial charge >= 0.3 is 5.97 Å². The Hall–Kier alpha value is -4.01. The molecule has 0 amide bonds. The zero-order valence-electron chi connectivity index (χ0n) is 18.8. The van der Waals surface area contributed by atoms with E-state index in [0.29, 0.717) is 29.2 Å². The largest absolute Gasteiger partial charge is 0.468 e. The highest BCUT2D eigenvalue weighted by Gasteiger charge is 2.21. The first-order chi connectivity index (χ1) is 16.6. The summed E-state index contributed by atoms with van der Waals surface area (Å²) in [5.74, 6) is 0.491. The van der Waals surface area contributed by atoms with Crippen LogP contribution < -0.4 is 10.6 Å². The van der Waals surface area contributed by atoms with E-state index in [2.05, 4.69) is 15.6 Å². The number of halogens is 1. The molecular weight excluding hydrogens is 435 g/mol. The third-order valence-corrected chi connectivity index (χ3v) is 6.02. The summed E-state index contributed by atoms with van der Waals surface area (Å²) in [6, 6.07) is 14.1. The Labute approximate surface area is 196 Å². The highest BCUT2D eigenvalue weighted by molar-refractivity contribution is 5.91. The number of hydrogen-bond acceptors (Lipinski definition) is 7. The molecule has 1 fully saturated rings. The third kappa shape index (κ3) is 4.41. The van der Waals surface area contributed by atoms with Gasteiger partial charge in [0, 0.05) is 17.8 Å². The van der Waals surface area contributed by atoms with Crippen LogP contribution >= 0.6 is 0 Å². The van der Waals surface area contributed by atoms with E-state index in [-0.39, 0.29) is 18.3 Å². The summed E-state index contributed by atoms with van der Waals surface area (Å²) in [7, 11) is 1.34. The van der Waals surface area contributed by atoms with Gasteiger partial charge in [-0.05, 0) is 55.3 Å². The topological polar surface area (TPSA) is 93.4 Å². The minimum atomic E-state index is -0.387. The van der Waals surface area contributed by atoms with Crippen LogP contribution in [0.25, 0.3) is 28.0 Å². The van der Waals surface area contributed by atoms with Crippen LogP contribution in [-0.2, 0) is 9.53 Å². The first-order valence-electron chi connectivity index (χ1n) is 11.3. The predicted molar refractivity (Wildman–Crippen MR) is 128 cm³/mol. The minimum absolute atomic E-state index is 0.000345. The number of carbonyl (C=O) groups excluding carboxylic acids is 1. The van der Waals surface area contributed by atoms with E-state index in [1.165, 1.54) is 32.1 Å². The molecule has 0 radical (unpaired) electrons. The van der Waals surface area contributed by atoms with E-state index in [1.54, 1.807) is 22.8 Å². The van der Waals surface area contributed by atoms with Crippen LogP contribution in [0.3, 0.4) is 0 Å². The van der Waals surface area contributed by atoms with E-state index in [1.807, 2.05) is 24.3 Å². The molecule has 174 valence electrons. The molecular formula is C25H25FN6O2. The molecule has 0 aliphatic heterocycles. The smallest absolute Gasteiger partial charge is 0.325 e. The van der Waals surface area contributed by atoms with Crippen molar-refractivity contribution in [3.63, 3.8) is 0 Å². The minimum Gasteiger partial charge on any atom is -0.468 e. The second kappa shape index (κ2) is 9.46. The van der Waals surface area contributed by atoms with Crippen molar-refractivity contribution in [2.24, 2.45) is 0 Å². The lowest BCUT2D eigenvalue weighted by molar-refractivity contribution is -0.138. The van der Waals surface area contributed by atoms with Gasteiger partial charge in [-0.2, -0.15) is 5.10 Å². The van der Waals surface area contributed by atoms with Gasteiger partial charge in [-0.25, -0.2) is 18.9 Å². The van der Waals surface area contributed by atoms with E-state index in [4.69, 9.17) is 14.8 Å². The first kappa shape index (κ1) is 21.8. The summed E-state index contributed by atoms with van der Waals surface area (Å²) in [5.41, 5.74) is 3.70. The summed E-state index contributed by atoms with van der Waals surface area (Å²) < 4.78 is 20.1. The van der Waals surface area contributed by atoms with Gasteiger partial charge in [-0.15, -0.1) is 0 Å². The molecule has 3 aromatic heterocycles. The fourth-order valence-electron chi connectivity index (χ4n) is 4.32. The second-order valence-corrected chi connectivity index (χ2v) is 8.26. The number of benzene rings is 1. The van der Waals surface area contributed by atoms with Crippen molar-refractivity contribution in [3.05, 3.63) is 60.5 Å². The van der Waals surface area contributed by atoms with Gasteiger partial charge in [0.15, 0.2) is 0 Å². The van der Waals surface area contributed by atoms with E-state index >= 15 is 0 Å². The quantitative estimate of drug-likeness (QED) is 0.391. The Morgan fingerprint density at radius 3 is 2.71 bits per heavy atom. The Bertz CT molecular complexity index is 1310. The van der Waals surface area contributed by atoms with Gasteiger partial charge in [0.05, 0.1) is 23.9 Å². The lowest BCUT2D eigenvalue weighted by Gasteiger charge is -2.12. The molecule has 2 N–H and O–H groups in total. The van der Waals surface area contributed by atoms with Crippen molar-refractivity contribution in [2.75, 3.05) is 24.3 Å². The number of aromatic nitrogens is 4. The molecule has 5 rings (SSSR count).